The lowest BCUT2D eigenvalue weighted by Crippen LogP contribution is -2.35. The third kappa shape index (κ3) is 6.40. The summed E-state index contributed by atoms with van der Waals surface area (Å²) in [7, 11) is -3.44. The van der Waals surface area contributed by atoms with Crippen molar-refractivity contribution in [3.05, 3.63) is 71.2 Å². The molecule has 1 saturated heterocycles. The van der Waals surface area contributed by atoms with E-state index >= 15 is 0 Å². The summed E-state index contributed by atoms with van der Waals surface area (Å²) in [4.78, 5) is 16.9. The lowest BCUT2D eigenvalue weighted by Gasteiger charge is -2.25. The van der Waals surface area contributed by atoms with Crippen LogP contribution in [-0.2, 0) is 32.6 Å². The fraction of sp³-hybridized carbons (Fsp3) is 0.333. The van der Waals surface area contributed by atoms with Gasteiger partial charge in [0.15, 0.2) is 5.13 Å². The Hall–Kier alpha value is -2.75. The van der Waals surface area contributed by atoms with Crippen molar-refractivity contribution < 1.29 is 17.9 Å². The first-order valence-corrected chi connectivity index (χ1v) is 13.3. The first-order chi connectivity index (χ1) is 16.0. The second-order valence-electron chi connectivity index (χ2n) is 7.90. The molecule has 0 atom stereocenters. The molecule has 2 heterocycles. The van der Waals surface area contributed by atoms with Gasteiger partial charge in [0, 0.05) is 30.6 Å². The van der Waals surface area contributed by atoms with Crippen LogP contribution in [0.3, 0.4) is 0 Å². The van der Waals surface area contributed by atoms with Crippen molar-refractivity contribution in [1.82, 2.24) is 9.29 Å². The van der Waals surface area contributed by atoms with Crippen molar-refractivity contribution in [2.75, 3.05) is 18.4 Å². The van der Waals surface area contributed by atoms with Gasteiger partial charge in [0.1, 0.15) is 6.61 Å². The molecular formula is C24H27N3O4S2. The number of sulfonamides is 1. The summed E-state index contributed by atoms with van der Waals surface area (Å²) in [6.45, 7) is 1.29. The summed E-state index contributed by atoms with van der Waals surface area (Å²) in [5.74, 6) is -0.314. The minimum atomic E-state index is -3.44. The van der Waals surface area contributed by atoms with E-state index in [0.29, 0.717) is 30.1 Å². The smallest absolute Gasteiger partial charge is 0.306 e. The van der Waals surface area contributed by atoms with E-state index in [4.69, 9.17) is 4.74 Å². The van der Waals surface area contributed by atoms with E-state index in [-0.39, 0.29) is 19.0 Å². The fourth-order valence-corrected chi connectivity index (χ4v) is 5.86. The molecule has 0 spiro atoms. The Balaban J connectivity index is 1.23. The molecule has 0 amide bonds. The van der Waals surface area contributed by atoms with Crippen LogP contribution in [0.5, 0.6) is 0 Å². The van der Waals surface area contributed by atoms with Crippen LogP contribution in [0.25, 0.3) is 0 Å². The molecule has 0 unspecified atom stereocenters. The highest BCUT2D eigenvalue weighted by atomic mass is 32.2. The monoisotopic (exact) mass is 485 g/mol. The van der Waals surface area contributed by atoms with E-state index in [0.717, 1.165) is 35.6 Å². The maximum Gasteiger partial charge on any atom is 0.306 e. The number of aryl methyl sites for hydroxylation is 1. The molecule has 1 fully saturated rings. The van der Waals surface area contributed by atoms with Gasteiger partial charge in [-0.2, -0.15) is 4.31 Å². The molecule has 0 aliphatic carbocycles. The van der Waals surface area contributed by atoms with Crippen molar-refractivity contribution in [1.29, 1.82) is 0 Å². The van der Waals surface area contributed by atoms with Gasteiger partial charge in [-0.1, -0.05) is 36.8 Å². The van der Waals surface area contributed by atoms with Gasteiger partial charge in [-0.3, -0.25) is 4.79 Å². The second kappa shape index (κ2) is 10.9. The molecule has 1 N–H and O–H groups in total. The summed E-state index contributed by atoms with van der Waals surface area (Å²) < 4.78 is 32.4. The van der Waals surface area contributed by atoms with Crippen molar-refractivity contribution in [3.63, 3.8) is 0 Å². The fourth-order valence-electron chi connectivity index (χ4n) is 3.63. The number of hydrogen-bond donors (Lipinski definition) is 1. The number of para-hydroxylation sites is 1. The predicted molar refractivity (Wildman–Crippen MR) is 129 cm³/mol. The lowest BCUT2D eigenvalue weighted by atomic mass is 10.1. The number of thiazole rings is 1. The van der Waals surface area contributed by atoms with Crippen molar-refractivity contribution in [2.45, 2.75) is 43.6 Å². The number of carbonyl (C=O) groups excluding carboxylic acids is 1. The Kier molecular flexibility index (Phi) is 7.74. The highest BCUT2D eigenvalue weighted by molar-refractivity contribution is 7.89. The van der Waals surface area contributed by atoms with E-state index in [9.17, 15) is 13.2 Å². The zero-order chi connectivity index (χ0) is 23.1. The van der Waals surface area contributed by atoms with Crippen LogP contribution in [0.4, 0.5) is 10.8 Å². The zero-order valence-electron chi connectivity index (χ0n) is 18.3. The van der Waals surface area contributed by atoms with Crippen LogP contribution >= 0.6 is 11.3 Å². The third-order valence-electron chi connectivity index (χ3n) is 5.45. The molecule has 9 heteroatoms. The summed E-state index contributed by atoms with van der Waals surface area (Å²) in [6.07, 6.45) is 3.60. The number of esters is 1. The Morgan fingerprint density at radius 1 is 1.03 bits per heavy atom. The Morgan fingerprint density at radius 2 is 1.76 bits per heavy atom. The molecule has 33 heavy (non-hydrogen) atoms. The number of anilines is 2. The van der Waals surface area contributed by atoms with Crippen molar-refractivity contribution in [3.8, 4) is 0 Å². The maximum absolute atomic E-state index is 12.7. The van der Waals surface area contributed by atoms with Crippen LogP contribution in [0.1, 0.15) is 36.9 Å². The normalized spacial score (nSPS) is 14.7. The SMILES string of the molecule is O=C(CCc1ccc(S(=O)(=O)N2CCCCC2)cc1)OCc1csc(Nc2ccccc2)n1. The molecule has 1 aromatic heterocycles. The van der Waals surface area contributed by atoms with Gasteiger partial charge in [0.25, 0.3) is 0 Å². The topological polar surface area (TPSA) is 88.6 Å². The minimum absolute atomic E-state index is 0.124. The number of nitrogens with zero attached hydrogens (tertiary/aromatic N) is 2. The number of ether oxygens (including phenoxy) is 1. The largest absolute Gasteiger partial charge is 0.459 e. The van der Waals surface area contributed by atoms with Crippen LogP contribution < -0.4 is 5.32 Å². The molecular weight excluding hydrogens is 458 g/mol. The molecule has 3 aromatic rings. The summed E-state index contributed by atoms with van der Waals surface area (Å²) in [5.41, 5.74) is 2.54. The van der Waals surface area contributed by atoms with E-state index in [1.54, 1.807) is 28.6 Å². The second-order valence-corrected chi connectivity index (χ2v) is 10.7. The highest BCUT2D eigenvalue weighted by Gasteiger charge is 2.25. The number of hydrogen-bond acceptors (Lipinski definition) is 7. The average Bonchev–Trinajstić information content (AvgIpc) is 3.30. The van der Waals surface area contributed by atoms with Gasteiger partial charge >= 0.3 is 5.97 Å². The van der Waals surface area contributed by atoms with Gasteiger partial charge in [-0.15, -0.1) is 11.3 Å². The number of aromatic nitrogens is 1. The van der Waals surface area contributed by atoms with Crippen molar-refractivity contribution >= 4 is 38.1 Å². The standard InChI is InChI=1S/C24H27N3O4S2/c28-23(31-17-21-18-32-24(26-21)25-20-7-3-1-4-8-20)14-11-19-9-12-22(13-10-19)33(29,30)27-15-5-2-6-16-27/h1,3-4,7-10,12-13,18H,2,5-6,11,14-17H2,(H,25,26). The quantitative estimate of drug-likeness (QED) is 0.441. The highest BCUT2D eigenvalue weighted by Crippen LogP contribution is 2.22. The molecule has 0 radical (unpaired) electrons. The molecule has 174 valence electrons. The lowest BCUT2D eigenvalue weighted by molar-refractivity contribution is -0.145. The van der Waals surface area contributed by atoms with Gasteiger partial charge in [0.2, 0.25) is 10.0 Å². The summed E-state index contributed by atoms with van der Waals surface area (Å²) in [6, 6.07) is 16.5. The van der Waals surface area contributed by atoms with Gasteiger partial charge in [0.05, 0.1) is 10.6 Å². The Labute approximate surface area is 198 Å². The maximum atomic E-state index is 12.7. The molecule has 4 rings (SSSR count). The Morgan fingerprint density at radius 3 is 2.48 bits per heavy atom. The van der Waals surface area contributed by atoms with E-state index in [2.05, 4.69) is 10.3 Å². The number of nitrogens with one attached hydrogen (secondary N) is 1. The predicted octanol–water partition coefficient (Wildman–Crippen LogP) is 4.74. The van der Waals surface area contributed by atoms with Crippen molar-refractivity contribution in [2.24, 2.45) is 0 Å². The summed E-state index contributed by atoms with van der Waals surface area (Å²) >= 11 is 1.45. The number of rotatable bonds is 9. The van der Waals surface area contributed by atoms with Gasteiger partial charge < -0.3 is 10.1 Å². The molecule has 0 bridgehead atoms. The van der Waals surface area contributed by atoms with Gasteiger partial charge in [-0.25, -0.2) is 13.4 Å². The van der Waals surface area contributed by atoms with Crippen LogP contribution in [0.2, 0.25) is 0 Å². The molecule has 1 aliphatic heterocycles. The molecule has 1 aliphatic rings. The van der Waals surface area contributed by atoms with E-state index in [1.165, 1.54) is 11.3 Å². The van der Waals surface area contributed by atoms with Crippen LogP contribution in [0, 0.1) is 0 Å². The van der Waals surface area contributed by atoms with E-state index in [1.807, 2.05) is 35.7 Å². The average molecular weight is 486 g/mol. The van der Waals surface area contributed by atoms with Crippen LogP contribution in [-0.4, -0.2) is 36.8 Å². The first-order valence-electron chi connectivity index (χ1n) is 11.0. The number of benzene rings is 2. The molecule has 7 nitrogen and oxygen atoms in total. The number of carbonyl (C=O) groups is 1. The van der Waals surface area contributed by atoms with Crippen LogP contribution in [0.15, 0.2) is 64.9 Å². The van der Waals surface area contributed by atoms with Gasteiger partial charge in [-0.05, 0) is 49.1 Å². The molecule has 2 aromatic carbocycles. The third-order valence-corrected chi connectivity index (χ3v) is 8.17. The minimum Gasteiger partial charge on any atom is -0.459 e. The van der Waals surface area contributed by atoms with E-state index < -0.39 is 10.0 Å². The number of piperidine rings is 1. The first kappa shape index (κ1) is 23.4. The zero-order valence-corrected chi connectivity index (χ0v) is 19.9. The summed E-state index contributed by atoms with van der Waals surface area (Å²) in [5, 5.41) is 5.82. The molecule has 0 saturated carbocycles. The Bertz CT molecular complexity index is 1160.